The Hall–Kier alpha value is -18.6. The number of aromatic nitrogens is 28. The second-order valence-corrected chi connectivity index (χ2v) is 36.4. The number of nitrogens with zero attached hydrogens (tertiary/aromatic N) is 28. The van der Waals surface area contributed by atoms with Crippen molar-refractivity contribution in [3.63, 3.8) is 0 Å². The molecule has 0 radical (unpaired) electrons. The number of oxazole rings is 6. The minimum Gasteiger partial charge on any atom is -0.441 e. The van der Waals surface area contributed by atoms with Crippen molar-refractivity contribution in [3.8, 4) is 67.3 Å². The van der Waals surface area contributed by atoms with E-state index in [0.717, 1.165) is 155 Å². The lowest BCUT2D eigenvalue weighted by Crippen LogP contribution is -2.31. The molecule has 24 aromatic rings. The van der Waals surface area contributed by atoms with Crippen molar-refractivity contribution in [2.45, 2.75) is 131 Å². The summed E-state index contributed by atoms with van der Waals surface area (Å²) in [7, 11) is 0. The number of hydrogen-bond acceptors (Lipinski definition) is 42. The van der Waals surface area contributed by atoms with Crippen molar-refractivity contribution in [2.75, 3.05) is 97.0 Å². The Morgan fingerprint density at radius 1 is 0.345 bits per heavy atom. The molecule has 48 nitrogen and oxygen atoms in total. The number of hydrogen-bond donors (Lipinski definition) is 12. The van der Waals surface area contributed by atoms with Crippen molar-refractivity contribution >= 4 is 192 Å². The molecule has 6 aromatic carbocycles. The van der Waals surface area contributed by atoms with Crippen LogP contribution in [0.25, 0.3) is 200 Å². The summed E-state index contributed by atoms with van der Waals surface area (Å²) in [4.78, 5) is 76.5. The van der Waals surface area contributed by atoms with Crippen LogP contribution >= 0.6 is 0 Å². The van der Waals surface area contributed by atoms with Crippen LogP contribution in [-0.2, 0) is 15.0 Å². The van der Waals surface area contributed by atoms with E-state index in [2.05, 4.69) is 140 Å². The fraction of sp³-hybridized carbons (Fsp3) is 0.260. The van der Waals surface area contributed by atoms with E-state index in [1.165, 1.54) is 38.0 Å². The van der Waals surface area contributed by atoms with Crippen molar-refractivity contribution in [2.24, 2.45) is 0 Å². The Bertz CT molecular complexity index is 8770. The summed E-state index contributed by atoms with van der Waals surface area (Å²) in [5, 5.41) is 42.5. The number of ether oxygens (including phenoxy) is 2. The van der Waals surface area contributed by atoms with Crippen LogP contribution in [-0.4, -0.2) is 188 Å². The number of aliphatic hydroxyl groups is 2. The average Bonchev–Trinajstić information content (AvgIpc) is 1.59. The van der Waals surface area contributed by atoms with Gasteiger partial charge >= 0.3 is 0 Å². The van der Waals surface area contributed by atoms with E-state index in [9.17, 15) is 10.2 Å². The summed E-state index contributed by atoms with van der Waals surface area (Å²) < 4.78 is 54.8. The van der Waals surface area contributed by atoms with E-state index < -0.39 is 5.54 Å². The van der Waals surface area contributed by atoms with Crippen molar-refractivity contribution in [1.29, 1.82) is 0 Å². The van der Waals surface area contributed by atoms with E-state index in [0.29, 0.717) is 149 Å². The van der Waals surface area contributed by atoms with Gasteiger partial charge in [-0.2, -0.15) is 40.3 Å². The molecule has 26 rings (SSSR count). The van der Waals surface area contributed by atoms with E-state index in [1.54, 1.807) is 21.5 Å². The van der Waals surface area contributed by atoms with Gasteiger partial charge in [0.2, 0.25) is 0 Å². The molecule has 48 heteroatoms. The van der Waals surface area contributed by atoms with Crippen LogP contribution in [0.15, 0.2) is 186 Å². The minimum atomic E-state index is -0.653. The van der Waals surface area contributed by atoms with Crippen LogP contribution < -0.4 is 57.3 Å². The van der Waals surface area contributed by atoms with Gasteiger partial charge in [-0.1, -0.05) is 19.6 Å². The Labute approximate surface area is 838 Å². The third kappa shape index (κ3) is 18.2. The van der Waals surface area contributed by atoms with Gasteiger partial charge in [0, 0.05) is 104 Å². The first kappa shape index (κ1) is 96.9. The zero-order valence-electron chi connectivity index (χ0n) is 80.9. The predicted molar refractivity (Wildman–Crippen MR) is 562 cm³/mol. The first-order valence-electron chi connectivity index (χ1n) is 46.9. The third-order valence-electron chi connectivity index (χ3n) is 25.5. The number of rotatable bonds is 14. The smallest absolute Gasteiger partial charge is 0.292 e. The van der Waals surface area contributed by atoms with Crippen LogP contribution in [0.2, 0.25) is 0 Å². The highest BCUT2D eigenvalue weighted by atomic mass is 16.5. The second-order valence-electron chi connectivity index (χ2n) is 36.4. The molecule has 0 saturated carbocycles. The van der Waals surface area contributed by atoms with Crippen LogP contribution in [0.3, 0.4) is 0 Å². The van der Waals surface area contributed by atoms with Gasteiger partial charge in [0.05, 0.1) is 63.2 Å². The second kappa shape index (κ2) is 39.3. The highest BCUT2D eigenvalue weighted by Crippen LogP contribution is 2.44. The molecule has 754 valence electrons. The van der Waals surface area contributed by atoms with E-state index in [1.807, 2.05) is 155 Å². The standard InChI is InChI=1S/C19H19N5O2.C17H17N7O2.C17H17N5O.C16H17N7O2.C15H15N7O2.C15H15N7O.CH4/c1-11-23-15-8-12(2-3-16(15)26-11)14-9-24(13-4-6-25-7-5-13)19-17(14)18(20)21-10-22-19;18-15-13-14(9-1-2-12-11(7-9)22-17(19)26-12)23-24(16(13)21-8-20-15)10-3-5-25-6-4-10;1-9(2)22-7-12(15-16(18)19-8-20-17(15)22)11-4-5-14-13(6-11)21-10(3)23-14;1-16(2,6-24)23-14-11(13(17)19-7-20-14)12(22-23)8-3-4-10-9(5-8)21-15(18)25-10;1-7(5-23)22-14-11(13(16)18-6-19-14)12(21-22)8-2-3-10-9(4-8)20-15(17)24-10;1-7(2)22-14-11(13(16)18-6-19-14)12(21-22)8-3-4-10-9(5-8)20-15(17)23-10;/h2-3,8-10,13H,4-7H2,1H3,(H2,20,21,22);1-2,7-8,10H,3-6H2,(H2,19,22)(H2,18,20,21);4-9H,1-3H3,(H2,18,19,20);3-5,7,24H,6H2,1-2H3,(H2,18,21)(H2,17,19,20);2-4,6-7,23H,5H2,1H3,(H2,17,20)(H2,16,18,19);3-7H,1-2H3,(H2,17,20)(H2,16,18,19);1H4. The maximum atomic E-state index is 9.73. The van der Waals surface area contributed by atoms with Gasteiger partial charge in [-0.15, -0.1) is 0 Å². The van der Waals surface area contributed by atoms with Crippen molar-refractivity contribution < 1.29 is 46.2 Å². The molecule has 1 unspecified atom stereocenters. The van der Waals surface area contributed by atoms with E-state index >= 15 is 0 Å². The Balaban J connectivity index is 0.000000108. The van der Waals surface area contributed by atoms with Crippen LogP contribution in [0.4, 0.5) is 59.0 Å². The molecule has 20 heterocycles. The fourth-order valence-electron chi connectivity index (χ4n) is 18.3. The fourth-order valence-corrected chi connectivity index (χ4v) is 18.3. The lowest BCUT2D eigenvalue weighted by atomic mass is 10.1. The molecular formula is C100H104N38O10. The maximum absolute atomic E-state index is 9.73. The molecule has 2 fully saturated rings. The summed E-state index contributed by atoms with van der Waals surface area (Å²) in [5.41, 5.74) is 81.1. The van der Waals surface area contributed by atoms with Crippen molar-refractivity contribution in [1.82, 2.24) is 138 Å². The highest BCUT2D eigenvalue weighted by Gasteiger charge is 2.32. The maximum Gasteiger partial charge on any atom is 0.292 e. The molecule has 0 spiro atoms. The van der Waals surface area contributed by atoms with E-state index in [4.69, 9.17) is 98.4 Å². The first-order chi connectivity index (χ1) is 71.0. The molecule has 0 bridgehead atoms. The summed E-state index contributed by atoms with van der Waals surface area (Å²) in [5.74, 6) is 3.74. The average molecular weight is 2000 g/mol. The summed E-state index contributed by atoms with van der Waals surface area (Å²) in [6, 6.07) is 35.3. The molecule has 0 aliphatic carbocycles. The number of aryl methyl sites for hydroxylation is 2. The van der Waals surface area contributed by atoms with Gasteiger partial charge in [0.1, 0.15) is 140 Å². The topological polar surface area (TPSA) is 711 Å². The summed E-state index contributed by atoms with van der Waals surface area (Å²) >= 11 is 0. The lowest BCUT2D eigenvalue weighted by Gasteiger charge is -2.24. The number of anilines is 10. The van der Waals surface area contributed by atoms with Gasteiger partial charge in [-0.05, 0) is 182 Å². The Kier molecular flexibility index (Phi) is 25.7. The molecule has 0 amide bonds. The van der Waals surface area contributed by atoms with Gasteiger partial charge < -0.3 is 113 Å². The molecule has 2 aliphatic rings. The largest absolute Gasteiger partial charge is 0.441 e. The molecule has 22 N–H and O–H groups in total. The zero-order valence-corrected chi connectivity index (χ0v) is 80.9. The Morgan fingerprint density at radius 3 is 1.09 bits per heavy atom. The monoisotopic (exact) mass is 2000 g/mol. The number of nitrogen functional groups attached to an aromatic ring is 10. The van der Waals surface area contributed by atoms with Gasteiger partial charge in [0.25, 0.3) is 24.1 Å². The third-order valence-corrected chi connectivity index (χ3v) is 25.5. The number of benzene rings is 6. The van der Waals surface area contributed by atoms with Crippen LogP contribution in [0, 0.1) is 13.8 Å². The Morgan fingerprint density at radius 2 is 0.669 bits per heavy atom. The first-order valence-corrected chi connectivity index (χ1v) is 46.9. The molecule has 1 atom stereocenters. The quantitative estimate of drug-likeness (QED) is 0.0481. The van der Waals surface area contributed by atoms with Crippen LogP contribution in [0.5, 0.6) is 0 Å². The normalized spacial score (nSPS) is 13.4. The van der Waals surface area contributed by atoms with Gasteiger partial charge in [-0.25, -0.2) is 88.5 Å². The highest BCUT2D eigenvalue weighted by molar-refractivity contribution is 6.06. The zero-order chi connectivity index (χ0) is 102. The molecule has 148 heavy (non-hydrogen) atoms. The lowest BCUT2D eigenvalue weighted by molar-refractivity contribution is 0.0674. The summed E-state index contributed by atoms with van der Waals surface area (Å²) in [6.07, 6.45) is 16.6. The SMILES string of the molecule is C.CC(C)(CO)n1nc(-c2ccc3oc(N)nc3c2)c2c(N)ncnc21.CC(C)n1nc(-c2ccc3oc(N)nc3c2)c2c(N)ncnc21.CC(CO)n1nc(-c2ccc3oc(N)nc3c2)c2c(N)ncnc21.Cc1nc2cc(-c3cn(C(C)C)c4ncnc(N)c34)ccc2o1.Cc1nc2cc(-c3cn(C4CCOCC4)c4ncnc(N)c34)ccc2o1.Nc1nc2cc(-c3nn(C4CCOCC4)c4ncnc(N)c34)ccc2o1. The van der Waals surface area contributed by atoms with Crippen molar-refractivity contribution in [3.05, 3.63) is 171 Å². The van der Waals surface area contributed by atoms with Gasteiger partial charge in [0.15, 0.2) is 67.9 Å². The molecule has 18 aromatic heterocycles. The number of nitrogens with two attached hydrogens (primary N) is 10. The molecular weight excluding hydrogens is 1890 g/mol. The predicted octanol–water partition coefficient (Wildman–Crippen LogP) is 15.2. The van der Waals surface area contributed by atoms with E-state index in [-0.39, 0.29) is 68.9 Å². The van der Waals surface area contributed by atoms with Gasteiger partial charge in [-0.3, -0.25) is 0 Å². The minimum absolute atomic E-state index is 0. The molecule has 2 aliphatic heterocycles. The number of aliphatic hydroxyl groups excluding tert-OH is 2. The summed E-state index contributed by atoms with van der Waals surface area (Å²) in [6.45, 7) is 20.4. The number of fused-ring (bicyclic) bond motifs is 12. The van der Waals surface area contributed by atoms with Crippen LogP contribution in [0.1, 0.15) is 124 Å². The molecule has 2 saturated heterocycles.